The van der Waals surface area contributed by atoms with Gasteiger partial charge in [0.05, 0.1) is 23.7 Å². The van der Waals surface area contributed by atoms with Gasteiger partial charge in [-0.15, -0.1) is 0 Å². The van der Waals surface area contributed by atoms with Gasteiger partial charge < -0.3 is 71.5 Å². The first-order valence-electron chi connectivity index (χ1n) is 29.1. The molecule has 12 N–H and O–H groups in total. The molecule has 2 amide bonds. The molecule has 26 nitrogen and oxygen atoms in total. The smallest absolute Gasteiger partial charge is 0.280 e. The number of amidine groups is 1. The van der Waals surface area contributed by atoms with Crippen LogP contribution in [0.1, 0.15) is 148 Å². The Kier molecular flexibility index (Phi) is 24.9. The molecule has 0 spiro atoms. The number of aromatic amines is 2. The second-order valence-electron chi connectivity index (χ2n) is 23.6. The van der Waals surface area contributed by atoms with Gasteiger partial charge >= 0.3 is 0 Å². The summed E-state index contributed by atoms with van der Waals surface area (Å²) in [6, 6.07) is 9.37. The van der Waals surface area contributed by atoms with E-state index in [-0.39, 0.29) is 47.9 Å². The number of aromatic nitrogens is 12. The Morgan fingerprint density at radius 1 is 0.533 bits per heavy atom. The average Bonchev–Trinajstić information content (AvgIpc) is 2.63. The summed E-state index contributed by atoms with van der Waals surface area (Å²) in [5.41, 5.74) is 28.6. The summed E-state index contributed by atoms with van der Waals surface area (Å²) in [4.78, 5) is 84.9. The lowest BCUT2D eigenvalue weighted by molar-refractivity contribution is -0.118. The van der Waals surface area contributed by atoms with Crippen LogP contribution in [0.2, 0.25) is 0 Å². The SMILES string of the molecule is C.C=C1N=C(N)C=CN1C(C)(C)C.C=C1NC(=O)C(C)=CN1C(C)C.C=C1NC(=O)C=CN1C(C)C.CC(C)n1ccc2c(N)ccnc21.CC(C)n1cnc2c(=O)[nH]c(N)nc21.CC(C)n1cnc2c(N)ccnc21.Cc1nc2c(ccn2C(C)C)c(=O)[nH]1. The van der Waals surface area contributed by atoms with E-state index in [4.69, 9.17) is 22.9 Å². The zero-order chi connectivity index (χ0) is 66.5. The lowest BCUT2D eigenvalue weighted by Crippen LogP contribution is -2.40. The van der Waals surface area contributed by atoms with E-state index in [1.54, 1.807) is 67.9 Å². The second-order valence-corrected chi connectivity index (χ2v) is 23.6. The zero-order valence-corrected chi connectivity index (χ0v) is 54.4. The predicted octanol–water partition coefficient (Wildman–Crippen LogP) is 9.78. The fourth-order valence-electron chi connectivity index (χ4n) is 8.87. The maximum atomic E-state index is 11.5. The van der Waals surface area contributed by atoms with Crippen LogP contribution in [0.5, 0.6) is 0 Å². The van der Waals surface area contributed by atoms with Crippen LogP contribution in [0.15, 0.2) is 150 Å². The Labute approximate surface area is 527 Å². The normalized spacial score (nSPS) is 13.8. The van der Waals surface area contributed by atoms with Crippen molar-refractivity contribution in [2.75, 3.05) is 17.2 Å². The molecule has 3 aliphatic rings. The fourth-order valence-corrected chi connectivity index (χ4v) is 8.87. The number of nitrogens with one attached hydrogen (secondary N) is 4. The molecule has 0 bridgehead atoms. The highest BCUT2D eigenvalue weighted by Crippen LogP contribution is 2.24. The van der Waals surface area contributed by atoms with E-state index in [1.165, 1.54) is 6.08 Å². The summed E-state index contributed by atoms with van der Waals surface area (Å²) in [5.74, 6) is 3.12. The van der Waals surface area contributed by atoms with Gasteiger partial charge in [-0.25, -0.2) is 29.9 Å². The molecule has 0 aliphatic carbocycles. The third kappa shape index (κ3) is 18.4. The van der Waals surface area contributed by atoms with Crippen LogP contribution in [0.4, 0.5) is 17.3 Å². The number of nitrogens with zero attached hydrogens (tertiary/aromatic N) is 14. The highest BCUT2D eigenvalue weighted by atomic mass is 16.2. The molecule has 90 heavy (non-hydrogen) atoms. The molecular formula is C64H94N22O4. The number of hydrogen-bond acceptors (Lipinski definition) is 18. The average molecular weight is 1240 g/mol. The molecule has 0 unspecified atom stereocenters. The third-order valence-electron chi connectivity index (χ3n) is 13.5. The molecule has 11 rings (SSSR count). The summed E-state index contributed by atoms with van der Waals surface area (Å²) in [5, 5.41) is 7.00. The van der Waals surface area contributed by atoms with E-state index < -0.39 is 0 Å². The van der Waals surface area contributed by atoms with Crippen LogP contribution in [0.3, 0.4) is 0 Å². The first-order chi connectivity index (χ1) is 41.6. The number of hydrogen-bond donors (Lipinski definition) is 8. The summed E-state index contributed by atoms with van der Waals surface area (Å²) >= 11 is 0. The molecule has 0 aromatic carbocycles. The number of H-pyrrole nitrogens is 2. The van der Waals surface area contributed by atoms with Gasteiger partial charge in [-0.3, -0.25) is 24.2 Å². The number of amides is 2. The molecule has 3 aliphatic heterocycles. The van der Waals surface area contributed by atoms with Crippen LogP contribution in [0.25, 0.3) is 44.4 Å². The van der Waals surface area contributed by atoms with Crippen molar-refractivity contribution in [2.24, 2.45) is 10.7 Å². The number of aryl methyl sites for hydroxylation is 1. The van der Waals surface area contributed by atoms with Crippen LogP contribution in [-0.4, -0.2) is 108 Å². The number of imidazole rings is 2. The van der Waals surface area contributed by atoms with Crippen LogP contribution in [0, 0.1) is 6.92 Å². The summed E-state index contributed by atoms with van der Waals surface area (Å²) in [6.07, 6.45) is 19.5. The molecule has 0 fully saturated rings. The molecule has 8 aromatic heterocycles. The molecular weight excluding hydrogens is 1140 g/mol. The van der Waals surface area contributed by atoms with Gasteiger partial charge in [0.15, 0.2) is 16.8 Å². The minimum absolute atomic E-state index is 0. The standard InChI is InChI=1S/C10H13N3O.C10H13N3.C9H12N4.C9H15N3.C9H14N2O.C8H11N5O.C8H12N2O.CH4/c1-6(2)13-5-4-8-9(13)11-7(3)12-10(8)14;1-7(2)13-6-4-8-9(11)3-5-12-10(8)13;1-6(2)13-5-12-8-7(10)3-4-11-9(8)13;1-7-11-8(10)5-6-12(7)9(2,3)4;1-6(2)11-5-7(3)9(12)10-8(11)4;1-4(2)13-3-10-5-6(13)11-8(9)12-7(5)14;1-6(2)10-5-4-8(11)9-7(10)3;/h4-6H,1-3H3,(H,11,12,14);3-7H,1-2H3,(H2,11,12);3-6H,1-2H3,(H2,10,11);5-6H,1H2,2-4H3,(H2,10,11);5-6H,4H2,1-3H3,(H,10,12);3-4H,1-2H3,(H3,9,11,12,14);4-6H,3H2,1-2H3,(H,9,11);1H4. The second kappa shape index (κ2) is 31.1. The monoisotopic (exact) mass is 1230 g/mol. The van der Waals surface area contributed by atoms with Crippen LogP contribution in [-0.2, 0) is 9.59 Å². The van der Waals surface area contributed by atoms with E-state index in [0.29, 0.717) is 81.6 Å². The van der Waals surface area contributed by atoms with Crippen molar-refractivity contribution in [2.45, 2.75) is 167 Å². The van der Waals surface area contributed by atoms with Crippen molar-refractivity contribution < 1.29 is 9.59 Å². The van der Waals surface area contributed by atoms with Crippen molar-refractivity contribution in [3.63, 3.8) is 0 Å². The number of nitrogen functional groups attached to an aromatic ring is 3. The maximum absolute atomic E-state index is 11.5. The van der Waals surface area contributed by atoms with Gasteiger partial charge in [-0.2, -0.15) is 4.98 Å². The first kappa shape index (κ1) is 72.2. The van der Waals surface area contributed by atoms with E-state index >= 15 is 0 Å². The van der Waals surface area contributed by atoms with Gasteiger partial charge in [0.25, 0.3) is 22.9 Å². The van der Waals surface area contributed by atoms with E-state index in [2.05, 4.69) is 142 Å². The van der Waals surface area contributed by atoms with Gasteiger partial charge in [-0.1, -0.05) is 27.2 Å². The van der Waals surface area contributed by atoms with Gasteiger partial charge in [0, 0.05) is 108 Å². The molecule has 11 heterocycles. The number of nitrogens with two attached hydrogens (primary N) is 4. The Balaban J connectivity index is 0.000000224. The molecule has 26 heteroatoms. The third-order valence-corrected chi connectivity index (χ3v) is 13.5. The lowest BCUT2D eigenvalue weighted by atomic mass is 10.1. The van der Waals surface area contributed by atoms with Crippen LogP contribution >= 0.6 is 0 Å². The zero-order valence-electron chi connectivity index (χ0n) is 54.4. The Morgan fingerprint density at radius 3 is 1.60 bits per heavy atom. The van der Waals surface area contributed by atoms with E-state index in [9.17, 15) is 19.2 Å². The van der Waals surface area contributed by atoms with Crippen molar-refractivity contribution in [3.05, 3.63) is 162 Å². The molecule has 0 saturated heterocycles. The number of carbonyl (C=O) groups is 2. The van der Waals surface area contributed by atoms with Gasteiger partial charge in [0.2, 0.25) is 5.95 Å². The van der Waals surface area contributed by atoms with Crippen molar-refractivity contribution >= 4 is 79.4 Å². The molecule has 0 radical (unpaired) electrons. The summed E-state index contributed by atoms with van der Waals surface area (Å²) < 4.78 is 7.93. The fraction of sp³-hybridized carbons (Fsp3) is 0.391. The van der Waals surface area contributed by atoms with Gasteiger partial charge in [-0.05, 0) is 148 Å². The van der Waals surface area contributed by atoms with Crippen molar-refractivity contribution in [1.29, 1.82) is 0 Å². The largest absolute Gasteiger partial charge is 0.398 e. The molecule has 0 atom stereocenters. The maximum Gasteiger partial charge on any atom is 0.280 e. The van der Waals surface area contributed by atoms with Gasteiger partial charge in [0.1, 0.15) is 45.9 Å². The first-order valence-corrected chi connectivity index (χ1v) is 29.1. The lowest BCUT2D eigenvalue weighted by Gasteiger charge is -2.35. The predicted molar refractivity (Wildman–Crippen MR) is 365 cm³/mol. The minimum Gasteiger partial charge on any atom is -0.398 e. The number of anilines is 3. The van der Waals surface area contributed by atoms with E-state index in [0.717, 1.165) is 39.1 Å². The summed E-state index contributed by atoms with van der Waals surface area (Å²) in [7, 11) is 0. The van der Waals surface area contributed by atoms with Crippen LogP contribution < -0.4 is 44.7 Å². The topological polar surface area (TPSA) is 347 Å². The Bertz CT molecular complexity index is 3890. The Hall–Kier alpha value is -10.3. The highest BCUT2D eigenvalue weighted by molar-refractivity contribution is 5.95. The molecule has 484 valence electrons. The number of fused-ring (bicyclic) bond motifs is 4. The minimum atomic E-state index is -0.299. The molecule has 8 aromatic rings. The highest BCUT2D eigenvalue weighted by Gasteiger charge is 2.23. The van der Waals surface area contributed by atoms with E-state index in [1.807, 2.05) is 102 Å². The molecule has 0 saturated carbocycles. The van der Waals surface area contributed by atoms with Crippen molar-refractivity contribution in [1.82, 2.24) is 83.5 Å². The number of carbonyl (C=O) groups excluding carboxylic acids is 2. The Morgan fingerprint density at radius 2 is 1.06 bits per heavy atom. The number of aliphatic imine (C=N–C) groups is 1. The van der Waals surface area contributed by atoms with Crippen molar-refractivity contribution in [3.8, 4) is 0 Å². The summed E-state index contributed by atoms with van der Waals surface area (Å²) in [6.45, 7) is 45.9. The number of rotatable bonds is 6. The quantitative estimate of drug-likeness (QED) is 0.0767. The number of pyridine rings is 2.